The summed E-state index contributed by atoms with van der Waals surface area (Å²) in [4.78, 5) is 0. The quantitative estimate of drug-likeness (QED) is 0.417. The average Bonchev–Trinajstić information content (AvgIpc) is 2.41. The molecule has 1 aromatic rings. The maximum Gasteiger partial charge on any atom is 0.122 e. The lowest BCUT2D eigenvalue weighted by Crippen LogP contribution is -1.99. The predicted octanol–water partition coefficient (Wildman–Crippen LogP) is 5.36. The molecule has 1 rings (SSSR count). The lowest BCUT2D eigenvalue weighted by molar-refractivity contribution is 0.314. The molecule has 0 saturated heterocycles. The van der Waals surface area contributed by atoms with Crippen LogP contribution in [0.5, 0.6) is 5.75 Å². The first kappa shape index (κ1) is 15.6. The highest BCUT2D eigenvalue weighted by atomic mass is 79.9. The fourth-order valence-corrected chi connectivity index (χ4v) is 2.40. The molecule has 2 heteroatoms. The minimum Gasteiger partial charge on any atom is -0.493 e. The fourth-order valence-electron chi connectivity index (χ4n) is 2.00. The molecule has 0 saturated carbocycles. The normalized spacial score (nSPS) is 10.6. The summed E-state index contributed by atoms with van der Waals surface area (Å²) >= 11 is 3.47. The number of aryl methyl sites for hydroxylation is 1. The van der Waals surface area contributed by atoms with E-state index in [1.54, 1.807) is 0 Å². The third kappa shape index (κ3) is 6.44. The average molecular weight is 313 g/mol. The van der Waals surface area contributed by atoms with Gasteiger partial charge in [0.2, 0.25) is 0 Å². The molecule has 1 aromatic carbocycles. The molecule has 102 valence electrons. The molecule has 0 aliphatic carbocycles. The van der Waals surface area contributed by atoms with Gasteiger partial charge in [0, 0.05) is 5.33 Å². The fraction of sp³-hybridized carbons (Fsp3) is 0.625. The topological polar surface area (TPSA) is 9.23 Å². The molecule has 0 fully saturated rings. The van der Waals surface area contributed by atoms with E-state index in [0.717, 1.165) is 30.5 Å². The molecule has 0 heterocycles. The lowest BCUT2D eigenvalue weighted by atomic mass is 10.0. The van der Waals surface area contributed by atoms with Crippen LogP contribution in [0.2, 0.25) is 0 Å². The lowest BCUT2D eigenvalue weighted by Gasteiger charge is -2.10. The van der Waals surface area contributed by atoms with E-state index in [0.29, 0.717) is 0 Å². The number of hydrogen-bond acceptors (Lipinski definition) is 1. The van der Waals surface area contributed by atoms with Crippen LogP contribution in [0, 0.1) is 0 Å². The van der Waals surface area contributed by atoms with Crippen molar-refractivity contribution in [2.75, 3.05) is 11.9 Å². The summed E-state index contributed by atoms with van der Waals surface area (Å²) < 4.78 is 5.78. The number of benzene rings is 1. The van der Waals surface area contributed by atoms with Crippen LogP contribution >= 0.6 is 15.9 Å². The first-order chi connectivity index (χ1) is 8.88. The van der Waals surface area contributed by atoms with Gasteiger partial charge in [0.1, 0.15) is 5.75 Å². The molecular weight excluding hydrogens is 288 g/mol. The van der Waals surface area contributed by atoms with Crippen molar-refractivity contribution in [2.24, 2.45) is 0 Å². The SMILES string of the molecule is CCCOc1ccccc1CCCCCCCBr. The molecule has 0 aliphatic rings. The zero-order valence-corrected chi connectivity index (χ0v) is 13.0. The summed E-state index contributed by atoms with van der Waals surface area (Å²) in [6.07, 6.45) is 8.82. The number of unbranched alkanes of at least 4 members (excludes halogenated alkanes) is 4. The molecule has 0 spiro atoms. The standard InChI is InChI=1S/C16H25BrO/c1-2-14-18-16-12-8-7-11-15(16)10-6-4-3-5-9-13-17/h7-8,11-12H,2-6,9-10,13-14H2,1H3. The molecule has 0 radical (unpaired) electrons. The second-order valence-electron chi connectivity index (χ2n) is 4.66. The van der Waals surface area contributed by atoms with Gasteiger partial charge in [-0.1, -0.05) is 60.3 Å². The monoisotopic (exact) mass is 312 g/mol. The number of alkyl halides is 1. The number of para-hydroxylation sites is 1. The molecule has 0 bridgehead atoms. The number of rotatable bonds is 10. The number of hydrogen-bond donors (Lipinski definition) is 0. The van der Waals surface area contributed by atoms with Crippen molar-refractivity contribution in [3.05, 3.63) is 29.8 Å². The van der Waals surface area contributed by atoms with Crippen molar-refractivity contribution in [2.45, 2.75) is 51.9 Å². The molecule has 0 aromatic heterocycles. The summed E-state index contributed by atoms with van der Waals surface area (Å²) in [6, 6.07) is 8.46. The highest BCUT2D eigenvalue weighted by molar-refractivity contribution is 9.09. The summed E-state index contributed by atoms with van der Waals surface area (Å²) in [6.45, 7) is 2.97. The van der Waals surface area contributed by atoms with E-state index < -0.39 is 0 Å². The van der Waals surface area contributed by atoms with Gasteiger partial charge in [0.25, 0.3) is 0 Å². The Morgan fingerprint density at radius 3 is 2.50 bits per heavy atom. The van der Waals surface area contributed by atoms with Crippen molar-refractivity contribution in [1.29, 1.82) is 0 Å². The molecule has 0 atom stereocenters. The third-order valence-electron chi connectivity index (χ3n) is 3.01. The predicted molar refractivity (Wildman–Crippen MR) is 82.8 cm³/mol. The van der Waals surface area contributed by atoms with E-state index in [1.165, 1.54) is 37.7 Å². The van der Waals surface area contributed by atoms with Gasteiger partial charge in [-0.05, 0) is 37.3 Å². The van der Waals surface area contributed by atoms with Crippen LogP contribution in [-0.4, -0.2) is 11.9 Å². The maximum atomic E-state index is 5.78. The van der Waals surface area contributed by atoms with Crippen LogP contribution in [0.15, 0.2) is 24.3 Å². The Morgan fingerprint density at radius 1 is 1.00 bits per heavy atom. The minimum atomic E-state index is 0.822. The zero-order chi connectivity index (χ0) is 13.1. The molecule has 1 nitrogen and oxygen atoms in total. The molecule has 0 unspecified atom stereocenters. The van der Waals surface area contributed by atoms with Crippen LogP contribution in [0.25, 0.3) is 0 Å². The van der Waals surface area contributed by atoms with E-state index in [9.17, 15) is 0 Å². The van der Waals surface area contributed by atoms with E-state index in [-0.39, 0.29) is 0 Å². The van der Waals surface area contributed by atoms with Gasteiger partial charge in [-0.3, -0.25) is 0 Å². The van der Waals surface area contributed by atoms with Crippen molar-refractivity contribution < 1.29 is 4.74 Å². The Balaban J connectivity index is 2.27. The Kier molecular flexibility index (Phi) is 9.01. The zero-order valence-electron chi connectivity index (χ0n) is 11.5. The van der Waals surface area contributed by atoms with Gasteiger partial charge >= 0.3 is 0 Å². The number of ether oxygens (including phenoxy) is 1. The van der Waals surface area contributed by atoms with Crippen LogP contribution < -0.4 is 4.74 Å². The van der Waals surface area contributed by atoms with E-state index in [2.05, 4.69) is 47.1 Å². The first-order valence-electron chi connectivity index (χ1n) is 7.15. The van der Waals surface area contributed by atoms with Gasteiger partial charge in [-0.25, -0.2) is 0 Å². The van der Waals surface area contributed by atoms with Crippen LogP contribution in [-0.2, 0) is 6.42 Å². The Labute approximate surface area is 120 Å². The van der Waals surface area contributed by atoms with Crippen molar-refractivity contribution >= 4 is 15.9 Å². The summed E-state index contributed by atoms with van der Waals surface area (Å²) in [5.74, 6) is 1.08. The third-order valence-corrected chi connectivity index (χ3v) is 3.57. The second-order valence-corrected chi connectivity index (χ2v) is 5.46. The van der Waals surface area contributed by atoms with Crippen LogP contribution in [0.1, 0.15) is 51.0 Å². The van der Waals surface area contributed by atoms with Gasteiger partial charge in [-0.2, -0.15) is 0 Å². The van der Waals surface area contributed by atoms with Crippen molar-refractivity contribution in [3.63, 3.8) is 0 Å². The smallest absolute Gasteiger partial charge is 0.122 e. The Bertz CT molecular complexity index is 312. The number of halogens is 1. The largest absolute Gasteiger partial charge is 0.493 e. The second kappa shape index (κ2) is 10.4. The molecule has 0 aliphatic heterocycles. The summed E-state index contributed by atoms with van der Waals surface area (Å²) in [5.41, 5.74) is 1.37. The summed E-state index contributed by atoms with van der Waals surface area (Å²) in [7, 11) is 0. The molecule has 0 N–H and O–H groups in total. The molecule has 0 amide bonds. The maximum absolute atomic E-state index is 5.78. The van der Waals surface area contributed by atoms with Gasteiger partial charge in [0.15, 0.2) is 0 Å². The van der Waals surface area contributed by atoms with Gasteiger partial charge < -0.3 is 4.74 Å². The minimum absolute atomic E-state index is 0.822. The van der Waals surface area contributed by atoms with E-state index >= 15 is 0 Å². The Morgan fingerprint density at radius 2 is 1.72 bits per heavy atom. The van der Waals surface area contributed by atoms with Crippen molar-refractivity contribution in [1.82, 2.24) is 0 Å². The van der Waals surface area contributed by atoms with Gasteiger partial charge in [0.05, 0.1) is 6.61 Å². The van der Waals surface area contributed by atoms with Crippen molar-refractivity contribution in [3.8, 4) is 5.75 Å². The Hall–Kier alpha value is -0.500. The first-order valence-corrected chi connectivity index (χ1v) is 8.27. The highest BCUT2D eigenvalue weighted by Crippen LogP contribution is 2.20. The van der Waals surface area contributed by atoms with E-state index in [4.69, 9.17) is 4.74 Å². The highest BCUT2D eigenvalue weighted by Gasteiger charge is 2.02. The van der Waals surface area contributed by atoms with Crippen LogP contribution in [0.4, 0.5) is 0 Å². The van der Waals surface area contributed by atoms with Crippen LogP contribution in [0.3, 0.4) is 0 Å². The van der Waals surface area contributed by atoms with E-state index in [1.807, 2.05) is 0 Å². The van der Waals surface area contributed by atoms with Gasteiger partial charge in [-0.15, -0.1) is 0 Å². The molecular formula is C16H25BrO. The molecule has 18 heavy (non-hydrogen) atoms. The summed E-state index contributed by atoms with van der Waals surface area (Å²) in [5, 5.41) is 1.14.